The molecule has 0 spiro atoms. The molecule has 0 saturated heterocycles. The first kappa shape index (κ1) is 19.2. The summed E-state index contributed by atoms with van der Waals surface area (Å²) < 4.78 is 0. The quantitative estimate of drug-likeness (QED) is 0.801. The Balaban J connectivity index is 1.52. The van der Waals surface area contributed by atoms with Crippen molar-refractivity contribution in [3.05, 3.63) is 66.2 Å². The van der Waals surface area contributed by atoms with Gasteiger partial charge in [-0.25, -0.2) is 0 Å². The van der Waals surface area contributed by atoms with Crippen LogP contribution >= 0.6 is 0 Å². The largest absolute Gasteiger partial charge is 0.341 e. The van der Waals surface area contributed by atoms with Crippen molar-refractivity contribution >= 4 is 17.5 Å². The van der Waals surface area contributed by atoms with E-state index in [0.29, 0.717) is 6.54 Å². The summed E-state index contributed by atoms with van der Waals surface area (Å²) in [5.41, 5.74) is 2.06. The molecule has 27 heavy (non-hydrogen) atoms. The van der Waals surface area contributed by atoms with Crippen LogP contribution in [0.2, 0.25) is 0 Å². The molecule has 4 nitrogen and oxygen atoms in total. The fraction of sp³-hybridized carbons (Fsp3) is 0.391. The van der Waals surface area contributed by atoms with Crippen LogP contribution < -0.4 is 4.90 Å². The molecular formula is C23H28N2O2. The lowest BCUT2D eigenvalue weighted by molar-refractivity contribution is -0.137. The summed E-state index contributed by atoms with van der Waals surface area (Å²) in [7, 11) is 3.71. The molecule has 0 aromatic heterocycles. The lowest BCUT2D eigenvalue weighted by atomic mass is 9.80. The molecule has 0 N–H and O–H groups in total. The van der Waals surface area contributed by atoms with Crippen molar-refractivity contribution in [3.8, 4) is 0 Å². The van der Waals surface area contributed by atoms with Gasteiger partial charge in [0.2, 0.25) is 11.8 Å². The number of amides is 2. The van der Waals surface area contributed by atoms with Crippen molar-refractivity contribution in [1.82, 2.24) is 4.90 Å². The number of carbonyl (C=O) groups is 2. The summed E-state index contributed by atoms with van der Waals surface area (Å²) in [4.78, 5) is 29.1. The van der Waals surface area contributed by atoms with E-state index in [1.807, 2.05) is 79.7 Å². The molecule has 2 aromatic carbocycles. The smallest absolute Gasteiger partial charge is 0.229 e. The maximum atomic E-state index is 12.8. The fourth-order valence-electron chi connectivity index (χ4n) is 3.89. The van der Waals surface area contributed by atoms with E-state index in [1.165, 1.54) is 0 Å². The van der Waals surface area contributed by atoms with E-state index in [2.05, 4.69) is 0 Å². The van der Waals surface area contributed by atoms with E-state index in [9.17, 15) is 9.59 Å². The zero-order valence-electron chi connectivity index (χ0n) is 16.2. The van der Waals surface area contributed by atoms with Gasteiger partial charge in [0.15, 0.2) is 0 Å². The number of hydrogen-bond acceptors (Lipinski definition) is 2. The van der Waals surface area contributed by atoms with Crippen LogP contribution in [0.5, 0.6) is 0 Å². The average molecular weight is 364 g/mol. The van der Waals surface area contributed by atoms with Crippen LogP contribution in [0.3, 0.4) is 0 Å². The minimum atomic E-state index is 0.0127. The van der Waals surface area contributed by atoms with Gasteiger partial charge in [0.25, 0.3) is 0 Å². The van der Waals surface area contributed by atoms with Gasteiger partial charge in [0.1, 0.15) is 0 Å². The first-order chi connectivity index (χ1) is 13.1. The number of nitrogens with zero attached hydrogens (tertiary/aromatic N) is 2. The van der Waals surface area contributed by atoms with Gasteiger partial charge in [-0.15, -0.1) is 0 Å². The number of hydrogen-bond donors (Lipinski definition) is 0. The fourth-order valence-corrected chi connectivity index (χ4v) is 3.89. The normalized spacial score (nSPS) is 19.3. The Morgan fingerprint density at radius 1 is 0.778 bits per heavy atom. The lowest BCUT2D eigenvalue weighted by Crippen LogP contribution is -2.38. The minimum Gasteiger partial charge on any atom is -0.341 e. The molecule has 4 heteroatoms. The highest BCUT2D eigenvalue weighted by atomic mass is 16.2. The predicted molar refractivity (Wildman–Crippen MR) is 108 cm³/mol. The summed E-state index contributed by atoms with van der Waals surface area (Å²) >= 11 is 0. The molecule has 0 unspecified atom stereocenters. The summed E-state index contributed by atoms with van der Waals surface area (Å²) in [5.74, 6) is 0.398. The topological polar surface area (TPSA) is 40.6 Å². The standard InChI is InChI=1S/C23H28N2O2/c1-24(17-18-9-5-3-6-10-18)22(26)19-13-15-20(16-14-19)23(27)25(2)21-11-7-4-8-12-21/h3-12,19-20H,13-17H2,1-2H3. The first-order valence-electron chi connectivity index (χ1n) is 9.67. The molecule has 142 valence electrons. The molecule has 1 aliphatic carbocycles. The van der Waals surface area contributed by atoms with Gasteiger partial charge < -0.3 is 9.80 Å². The third kappa shape index (κ3) is 4.76. The molecule has 0 bridgehead atoms. The van der Waals surface area contributed by atoms with E-state index in [-0.39, 0.29) is 23.7 Å². The zero-order valence-corrected chi connectivity index (χ0v) is 16.2. The number of anilines is 1. The monoisotopic (exact) mass is 364 g/mol. The third-order valence-electron chi connectivity index (χ3n) is 5.54. The number of benzene rings is 2. The van der Waals surface area contributed by atoms with E-state index in [0.717, 1.165) is 36.9 Å². The predicted octanol–water partition coefficient (Wildman–Crippen LogP) is 4.11. The van der Waals surface area contributed by atoms with Crippen LogP contribution in [0.4, 0.5) is 5.69 Å². The Bertz CT molecular complexity index is 752. The molecule has 1 fully saturated rings. The van der Waals surface area contributed by atoms with E-state index >= 15 is 0 Å². The molecule has 1 saturated carbocycles. The van der Waals surface area contributed by atoms with Crippen LogP contribution in [0, 0.1) is 11.8 Å². The molecule has 2 aromatic rings. The molecule has 0 radical (unpaired) electrons. The Kier molecular flexibility index (Phi) is 6.28. The second-order valence-corrected chi connectivity index (χ2v) is 7.46. The highest BCUT2D eigenvalue weighted by molar-refractivity contribution is 5.94. The molecule has 3 rings (SSSR count). The summed E-state index contributed by atoms with van der Waals surface area (Å²) in [5, 5.41) is 0. The summed E-state index contributed by atoms with van der Waals surface area (Å²) in [6, 6.07) is 19.8. The minimum absolute atomic E-state index is 0.0127. The Labute approximate surface area is 161 Å². The molecule has 0 aliphatic heterocycles. The van der Waals surface area contributed by atoms with Gasteiger partial charge in [-0.2, -0.15) is 0 Å². The van der Waals surface area contributed by atoms with E-state index < -0.39 is 0 Å². The summed E-state index contributed by atoms with van der Waals surface area (Å²) in [6.45, 7) is 0.634. The molecule has 2 amide bonds. The van der Waals surface area contributed by atoms with Gasteiger partial charge >= 0.3 is 0 Å². The Morgan fingerprint density at radius 3 is 1.81 bits per heavy atom. The number of para-hydroxylation sites is 1. The molecule has 0 atom stereocenters. The average Bonchev–Trinajstić information content (AvgIpc) is 2.73. The number of carbonyl (C=O) groups excluding carboxylic acids is 2. The van der Waals surface area contributed by atoms with Crippen LogP contribution in [0.15, 0.2) is 60.7 Å². The van der Waals surface area contributed by atoms with E-state index in [1.54, 1.807) is 4.90 Å². The maximum Gasteiger partial charge on any atom is 0.229 e. The van der Waals surface area contributed by atoms with Crippen molar-refractivity contribution in [1.29, 1.82) is 0 Å². The van der Waals surface area contributed by atoms with Crippen LogP contribution in [0.25, 0.3) is 0 Å². The second kappa shape index (κ2) is 8.85. The Hall–Kier alpha value is -2.62. The zero-order chi connectivity index (χ0) is 19.2. The highest BCUT2D eigenvalue weighted by Crippen LogP contribution is 2.32. The third-order valence-corrected chi connectivity index (χ3v) is 5.54. The highest BCUT2D eigenvalue weighted by Gasteiger charge is 2.32. The van der Waals surface area contributed by atoms with E-state index in [4.69, 9.17) is 0 Å². The molecular weight excluding hydrogens is 336 g/mol. The lowest BCUT2D eigenvalue weighted by Gasteiger charge is -2.32. The molecule has 1 aliphatic rings. The van der Waals surface area contributed by atoms with Gasteiger partial charge in [0.05, 0.1) is 0 Å². The van der Waals surface area contributed by atoms with Gasteiger partial charge in [0, 0.05) is 38.2 Å². The van der Waals surface area contributed by atoms with Crippen molar-refractivity contribution in [3.63, 3.8) is 0 Å². The van der Waals surface area contributed by atoms with Crippen molar-refractivity contribution in [2.24, 2.45) is 11.8 Å². The SMILES string of the molecule is CN(Cc1ccccc1)C(=O)C1CCC(C(=O)N(C)c2ccccc2)CC1. The van der Waals surface area contributed by atoms with Gasteiger partial charge in [-0.3, -0.25) is 9.59 Å². The second-order valence-electron chi connectivity index (χ2n) is 7.46. The number of rotatable bonds is 5. The Morgan fingerprint density at radius 2 is 1.26 bits per heavy atom. The van der Waals surface area contributed by atoms with Crippen molar-refractivity contribution in [2.45, 2.75) is 32.2 Å². The van der Waals surface area contributed by atoms with Crippen LogP contribution in [-0.4, -0.2) is 30.8 Å². The molecule has 0 heterocycles. The van der Waals surface area contributed by atoms with Gasteiger partial charge in [-0.1, -0.05) is 48.5 Å². The summed E-state index contributed by atoms with van der Waals surface area (Å²) in [6.07, 6.45) is 3.14. The van der Waals surface area contributed by atoms with Crippen LogP contribution in [0.1, 0.15) is 31.2 Å². The first-order valence-corrected chi connectivity index (χ1v) is 9.67. The van der Waals surface area contributed by atoms with Gasteiger partial charge in [-0.05, 0) is 43.4 Å². The van der Waals surface area contributed by atoms with Crippen LogP contribution in [-0.2, 0) is 16.1 Å². The van der Waals surface area contributed by atoms with Crippen molar-refractivity contribution in [2.75, 3.05) is 19.0 Å². The van der Waals surface area contributed by atoms with Crippen molar-refractivity contribution < 1.29 is 9.59 Å². The maximum absolute atomic E-state index is 12.8.